The van der Waals surface area contributed by atoms with E-state index in [4.69, 9.17) is 18.9 Å². The maximum atomic E-state index is 17.1. The van der Waals surface area contributed by atoms with Crippen LogP contribution in [0, 0.1) is 23.0 Å². The van der Waals surface area contributed by atoms with Gasteiger partial charge >= 0.3 is 18.3 Å². The molecule has 4 aromatic rings. The topological polar surface area (TPSA) is 132 Å². The van der Waals surface area contributed by atoms with Crippen molar-refractivity contribution in [1.82, 2.24) is 19.9 Å². The van der Waals surface area contributed by atoms with Gasteiger partial charge in [0.25, 0.3) is 0 Å². The lowest BCUT2D eigenvalue weighted by molar-refractivity contribution is -0.153. The molecule has 0 aliphatic carbocycles. The van der Waals surface area contributed by atoms with E-state index in [1.807, 2.05) is 11.0 Å². The molecule has 1 amide bonds. The van der Waals surface area contributed by atoms with Gasteiger partial charge in [0, 0.05) is 23.9 Å². The number of thiophene rings is 1. The summed E-state index contributed by atoms with van der Waals surface area (Å²) < 4.78 is 109. The maximum Gasteiger partial charge on any atom is 0.422 e. The van der Waals surface area contributed by atoms with Crippen LogP contribution in [0.5, 0.6) is 11.9 Å². The number of benzene rings is 1. The van der Waals surface area contributed by atoms with Crippen molar-refractivity contribution >= 4 is 43.4 Å². The number of fused-ring (bicyclic) bond motifs is 5. The average Bonchev–Trinajstić information content (AvgIpc) is 3.81. The Morgan fingerprint density at radius 2 is 1.94 bits per heavy atom. The maximum absolute atomic E-state index is 17.1. The van der Waals surface area contributed by atoms with Crippen LogP contribution in [-0.4, -0.2) is 75.7 Å². The summed E-state index contributed by atoms with van der Waals surface area (Å²) >= 11 is 0.715. The van der Waals surface area contributed by atoms with Crippen molar-refractivity contribution in [3.63, 3.8) is 0 Å². The van der Waals surface area contributed by atoms with Crippen LogP contribution in [0.1, 0.15) is 56.7 Å². The molecule has 0 unspecified atom stereocenters. The zero-order valence-corrected chi connectivity index (χ0v) is 28.3. The van der Waals surface area contributed by atoms with Crippen molar-refractivity contribution in [3.8, 4) is 29.2 Å². The molecule has 3 aliphatic rings. The van der Waals surface area contributed by atoms with Gasteiger partial charge in [-0.2, -0.15) is 28.4 Å². The van der Waals surface area contributed by atoms with Gasteiger partial charge in [0.15, 0.2) is 18.2 Å². The number of ether oxygens (including phenoxy) is 4. The van der Waals surface area contributed by atoms with E-state index in [1.54, 1.807) is 20.8 Å². The third kappa shape index (κ3) is 6.46. The molecule has 3 aromatic heterocycles. The standard InChI is InChI=1S/C33H30F6N6O5S/c1-31(2,3)50-30(46)44-28-16(8-40)21-24(41-9-19(35)26(21)51-28)20-17-11-47-12-18(17)22-25(23(20)36)42-29(43-27(22)48-14-33(37,38)39)49-13-32-5-4-6-45(32)10-15(34)7-32/h9,15H,4-7,10-14H2,1-3H3,(H,44,46)/t15-,32+/m1/s1. The fraction of sp³-hybridized carbons (Fsp3) is 0.485. The highest BCUT2D eigenvalue weighted by atomic mass is 32.1. The number of nitrogens with one attached hydrogen (secondary N) is 1. The number of nitrogens with zero attached hydrogens (tertiary/aromatic N) is 5. The second-order valence-corrected chi connectivity index (χ2v) is 14.7. The molecule has 51 heavy (non-hydrogen) atoms. The Hall–Kier alpha value is -4.47. The number of hydrogen-bond acceptors (Lipinski definition) is 11. The lowest BCUT2D eigenvalue weighted by Gasteiger charge is -2.30. The van der Waals surface area contributed by atoms with Crippen molar-refractivity contribution in [1.29, 1.82) is 5.26 Å². The van der Waals surface area contributed by atoms with Crippen molar-refractivity contribution in [2.75, 3.05) is 31.6 Å². The minimum atomic E-state index is -4.78. The lowest BCUT2D eigenvalue weighted by Crippen LogP contribution is -2.43. The Balaban J connectivity index is 1.39. The van der Waals surface area contributed by atoms with Crippen LogP contribution in [0.25, 0.3) is 32.2 Å². The molecule has 3 aliphatic heterocycles. The molecule has 0 saturated carbocycles. The fourth-order valence-corrected chi connectivity index (χ4v) is 8.08. The van der Waals surface area contributed by atoms with Gasteiger partial charge in [0.1, 0.15) is 35.0 Å². The molecular weight excluding hydrogens is 706 g/mol. The van der Waals surface area contributed by atoms with Crippen LogP contribution in [-0.2, 0) is 22.7 Å². The van der Waals surface area contributed by atoms with Crippen LogP contribution in [0.15, 0.2) is 6.20 Å². The number of anilines is 1. The summed E-state index contributed by atoms with van der Waals surface area (Å²) in [4.78, 5) is 27.1. The summed E-state index contributed by atoms with van der Waals surface area (Å²) in [5.74, 6) is -2.56. The number of amides is 1. The first-order valence-corrected chi connectivity index (χ1v) is 16.7. The summed E-state index contributed by atoms with van der Waals surface area (Å²) in [6.45, 7) is 3.46. The molecule has 11 nitrogen and oxygen atoms in total. The number of nitriles is 1. The highest BCUT2D eigenvalue weighted by Gasteiger charge is 2.49. The molecule has 0 spiro atoms. The van der Waals surface area contributed by atoms with E-state index in [1.165, 1.54) is 0 Å². The molecule has 270 valence electrons. The summed E-state index contributed by atoms with van der Waals surface area (Å²) in [6, 6.07) is 1.44. The minimum absolute atomic E-state index is 0.0763. The molecule has 7 rings (SSSR count). The smallest absolute Gasteiger partial charge is 0.422 e. The van der Waals surface area contributed by atoms with E-state index in [9.17, 15) is 27.6 Å². The van der Waals surface area contributed by atoms with Crippen LogP contribution in [0.4, 0.5) is 36.1 Å². The minimum Gasteiger partial charge on any atom is -0.467 e. The SMILES string of the molecule is CC(C)(C)OC(=O)Nc1sc2c(F)cnc(-c3c4c(c5c(OCC(F)(F)F)nc(OC[C@@]67CCCN6C[C@H](F)C7)nc5c3F)COC4)c2c1C#N. The van der Waals surface area contributed by atoms with Crippen molar-refractivity contribution in [2.24, 2.45) is 0 Å². The number of pyridine rings is 1. The van der Waals surface area contributed by atoms with Gasteiger partial charge in [0.2, 0.25) is 5.88 Å². The molecular formula is C33H30F6N6O5S. The highest BCUT2D eigenvalue weighted by molar-refractivity contribution is 7.23. The number of halogens is 6. The average molecular weight is 737 g/mol. The fourth-order valence-electron chi connectivity index (χ4n) is 7.04. The first-order chi connectivity index (χ1) is 24.1. The Morgan fingerprint density at radius 1 is 1.18 bits per heavy atom. The van der Waals surface area contributed by atoms with E-state index in [0.29, 0.717) is 24.3 Å². The molecule has 1 N–H and O–H groups in total. The van der Waals surface area contributed by atoms with Crippen molar-refractivity contribution < 1.29 is 50.1 Å². The van der Waals surface area contributed by atoms with Gasteiger partial charge in [-0.3, -0.25) is 15.2 Å². The number of aromatic nitrogens is 3. The number of carbonyl (C=O) groups is 1. The molecule has 18 heteroatoms. The van der Waals surface area contributed by atoms with E-state index >= 15 is 8.78 Å². The third-order valence-electron chi connectivity index (χ3n) is 8.98. The monoisotopic (exact) mass is 736 g/mol. The quantitative estimate of drug-likeness (QED) is 0.193. The molecule has 0 bridgehead atoms. The zero-order chi connectivity index (χ0) is 36.5. The van der Waals surface area contributed by atoms with Crippen molar-refractivity contribution in [3.05, 3.63) is 34.5 Å². The lowest BCUT2D eigenvalue weighted by atomic mass is 9.93. The van der Waals surface area contributed by atoms with Crippen molar-refractivity contribution in [2.45, 2.75) is 76.7 Å². The Labute approximate surface area is 290 Å². The van der Waals surface area contributed by atoms with Gasteiger partial charge in [0.05, 0.1) is 46.3 Å². The van der Waals surface area contributed by atoms with Crippen LogP contribution in [0.2, 0.25) is 0 Å². The normalized spacial score (nSPS) is 20.4. The second-order valence-electron chi connectivity index (χ2n) is 13.6. The predicted molar refractivity (Wildman–Crippen MR) is 171 cm³/mol. The number of carbonyl (C=O) groups excluding carboxylic acids is 1. The van der Waals surface area contributed by atoms with E-state index < -0.39 is 65.2 Å². The van der Waals surface area contributed by atoms with E-state index in [-0.39, 0.29) is 81.2 Å². The predicted octanol–water partition coefficient (Wildman–Crippen LogP) is 7.33. The van der Waals surface area contributed by atoms with Crippen LogP contribution >= 0.6 is 11.3 Å². The van der Waals surface area contributed by atoms with Crippen LogP contribution < -0.4 is 14.8 Å². The Bertz CT molecular complexity index is 2120. The largest absolute Gasteiger partial charge is 0.467 e. The molecule has 0 radical (unpaired) electrons. The number of rotatable bonds is 7. The van der Waals surface area contributed by atoms with E-state index in [2.05, 4.69) is 20.3 Å². The molecule has 2 fully saturated rings. The Morgan fingerprint density at radius 3 is 2.67 bits per heavy atom. The molecule has 2 saturated heterocycles. The summed E-state index contributed by atoms with van der Waals surface area (Å²) in [5, 5.41) is 12.3. The second kappa shape index (κ2) is 12.6. The summed E-state index contributed by atoms with van der Waals surface area (Å²) in [7, 11) is 0. The third-order valence-corrected chi connectivity index (χ3v) is 10.1. The summed E-state index contributed by atoms with van der Waals surface area (Å²) in [6.07, 6.45) is -4.36. The van der Waals surface area contributed by atoms with Gasteiger partial charge < -0.3 is 18.9 Å². The molecule has 1 aromatic carbocycles. The highest BCUT2D eigenvalue weighted by Crippen LogP contribution is 2.47. The van der Waals surface area contributed by atoms with Crippen LogP contribution in [0.3, 0.4) is 0 Å². The van der Waals surface area contributed by atoms with Gasteiger partial charge in [-0.25, -0.2) is 18.0 Å². The zero-order valence-electron chi connectivity index (χ0n) is 27.5. The Kier molecular flexibility index (Phi) is 8.66. The molecule has 2 atom stereocenters. The van der Waals surface area contributed by atoms with E-state index in [0.717, 1.165) is 12.6 Å². The summed E-state index contributed by atoms with van der Waals surface area (Å²) in [5.41, 5.74) is -2.39. The van der Waals surface area contributed by atoms with Gasteiger partial charge in [-0.15, -0.1) is 11.3 Å². The molecule has 6 heterocycles. The number of hydrogen-bond donors (Lipinski definition) is 1. The number of alkyl halides is 4. The first-order valence-electron chi connectivity index (χ1n) is 15.9. The van der Waals surface area contributed by atoms with Gasteiger partial charge in [-0.05, 0) is 51.3 Å². The van der Waals surface area contributed by atoms with Gasteiger partial charge in [-0.1, -0.05) is 0 Å². The first kappa shape index (κ1) is 35.0.